The van der Waals surface area contributed by atoms with Crippen molar-refractivity contribution in [2.24, 2.45) is 4.99 Å². The van der Waals surface area contributed by atoms with Crippen molar-refractivity contribution in [3.8, 4) is 5.75 Å². The monoisotopic (exact) mass is 373 g/mol. The third kappa shape index (κ3) is 3.98. The van der Waals surface area contributed by atoms with Gasteiger partial charge >= 0.3 is 0 Å². The lowest BCUT2D eigenvalue weighted by Gasteiger charge is -2.21. The van der Waals surface area contributed by atoms with Gasteiger partial charge < -0.3 is 10.1 Å². The normalized spacial score (nSPS) is 19.2. The van der Waals surface area contributed by atoms with Gasteiger partial charge in [0.05, 0.1) is 18.6 Å². The number of carbonyl (C=O) groups is 1. The summed E-state index contributed by atoms with van der Waals surface area (Å²) in [4.78, 5) is 22.9. The van der Waals surface area contributed by atoms with E-state index in [1.54, 1.807) is 44.3 Å². The minimum absolute atomic E-state index is 0.0580. The molecule has 0 bridgehead atoms. The van der Waals surface area contributed by atoms with Crippen LogP contribution in [0.25, 0.3) is 0 Å². The van der Waals surface area contributed by atoms with Crippen molar-refractivity contribution in [1.82, 2.24) is 5.06 Å². The summed E-state index contributed by atoms with van der Waals surface area (Å²) in [6, 6.07) is 14.5. The molecule has 0 spiro atoms. The van der Waals surface area contributed by atoms with E-state index in [1.165, 1.54) is 0 Å². The Bertz CT molecular complexity index is 855. The van der Waals surface area contributed by atoms with Crippen molar-refractivity contribution in [2.45, 2.75) is 19.1 Å². The number of amidine groups is 1. The lowest BCUT2D eigenvalue weighted by molar-refractivity contribution is -0.164. The zero-order chi connectivity index (χ0) is 18.7. The van der Waals surface area contributed by atoms with Gasteiger partial charge in [-0.2, -0.15) is 0 Å². The second-order valence-corrected chi connectivity index (χ2v) is 6.54. The Morgan fingerprint density at radius 2 is 2.08 bits per heavy atom. The summed E-state index contributed by atoms with van der Waals surface area (Å²) in [6.45, 7) is 1.76. The van der Waals surface area contributed by atoms with Gasteiger partial charge in [0.1, 0.15) is 5.75 Å². The Morgan fingerprint density at radius 1 is 1.31 bits per heavy atom. The number of halogens is 1. The van der Waals surface area contributed by atoms with E-state index in [2.05, 4.69) is 10.3 Å². The van der Waals surface area contributed by atoms with Crippen LogP contribution in [-0.4, -0.2) is 36.7 Å². The number of methoxy groups -OCH3 is 1. The van der Waals surface area contributed by atoms with Crippen molar-refractivity contribution < 1.29 is 14.4 Å². The molecule has 1 N–H and O–H groups in total. The van der Waals surface area contributed by atoms with Crippen molar-refractivity contribution in [1.29, 1.82) is 0 Å². The molecule has 1 aliphatic rings. The topological polar surface area (TPSA) is 63.2 Å². The number of anilines is 1. The van der Waals surface area contributed by atoms with Crippen LogP contribution < -0.4 is 10.1 Å². The average molecular weight is 374 g/mol. The molecule has 0 aliphatic carbocycles. The summed E-state index contributed by atoms with van der Waals surface area (Å²) in [5, 5.41) is 4.95. The summed E-state index contributed by atoms with van der Waals surface area (Å²) in [5.41, 5.74) is 0.403. The summed E-state index contributed by atoms with van der Waals surface area (Å²) in [5.74, 6) is 1.05. The molecule has 1 heterocycles. The van der Waals surface area contributed by atoms with Crippen molar-refractivity contribution in [2.75, 3.05) is 19.5 Å². The van der Waals surface area contributed by atoms with Gasteiger partial charge in [-0.15, -0.1) is 0 Å². The van der Waals surface area contributed by atoms with Crippen molar-refractivity contribution in [3.63, 3.8) is 0 Å². The number of aliphatic imine (C=N–C) groups is 1. The molecule has 136 valence electrons. The van der Waals surface area contributed by atoms with Crippen LogP contribution in [0.5, 0.6) is 5.75 Å². The van der Waals surface area contributed by atoms with E-state index in [1.807, 2.05) is 30.3 Å². The first kappa shape index (κ1) is 18.2. The van der Waals surface area contributed by atoms with E-state index in [0.29, 0.717) is 22.3 Å². The summed E-state index contributed by atoms with van der Waals surface area (Å²) < 4.78 is 5.16. The van der Waals surface area contributed by atoms with Crippen LogP contribution in [0.3, 0.4) is 0 Å². The summed E-state index contributed by atoms with van der Waals surface area (Å²) in [6.07, 6.45) is 0.0580. The van der Waals surface area contributed by atoms with Gasteiger partial charge in [-0.25, -0.2) is 14.9 Å². The number of amides is 1. The molecule has 26 heavy (non-hydrogen) atoms. The number of hydrogen-bond donors (Lipinski definition) is 1. The fraction of sp³-hybridized carbons (Fsp3) is 0.263. The first-order valence-electron chi connectivity index (χ1n) is 8.12. The first-order valence-corrected chi connectivity index (χ1v) is 8.49. The highest BCUT2D eigenvalue weighted by atomic mass is 35.5. The van der Waals surface area contributed by atoms with E-state index in [-0.39, 0.29) is 12.3 Å². The second kappa shape index (κ2) is 7.35. The molecular formula is C19H20ClN3O3. The molecule has 3 rings (SSSR count). The highest BCUT2D eigenvalue weighted by Crippen LogP contribution is 2.30. The van der Waals surface area contributed by atoms with Crippen LogP contribution in [0, 0.1) is 0 Å². The maximum Gasteiger partial charge on any atom is 0.229 e. The predicted molar refractivity (Wildman–Crippen MR) is 101 cm³/mol. The van der Waals surface area contributed by atoms with Gasteiger partial charge in [0, 0.05) is 24.4 Å². The Morgan fingerprint density at radius 3 is 2.81 bits per heavy atom. The van der Waals surface area contributed by atoms with Crippen LogP contribution >= 0.6 is 11.6 Å². The van der Waals surface area contributed by atoms with E-state index >= 15 is 0 Å². The molecule has 0 saturated heterocycles. The van der Waals surface area contributed by atoms with Gasteiger partial charge in [0.2, 0.25) is 5.91 Å². The Balaban J connectivity index is 1.74. The van der Waals surface area contributed by atoms with E-state index in [9.17, 15) is 4.79 Å². The van der Waals surface area contributed by atoms with Crippen molar-refractivity contribution in [3.05, 3.63) is 59.1 Å². The number of nitrogens with one attached hydrogen (secondary N) is 1. The minimum atomic E-state index is -1.01. The van der Waals surface area contributed by atoms with Crippen LogP contribution in [-0.2, 0) is 9.63 Å². The standard InChI is InChI=1S/C19H20ClN3O3/c1-19(12-17(24)21-13-7-6-8-14(11-13)25-3)22-18(23(2)26-19)15-9-4-5-10-16(15)20/h4-11H,12H2,1-3H3,(H,21,24). The molecule has 7 heteroatoms. The van der Waals surface area contributed by atoms with Gasteiger partial charge in [0.15, 0.2) is 11.6 Å². The first-order chi connectivity index (χ1) is 12.4. The number of rotatable bonds is 5. The number of ether oxygens (including phenoxy) is 1. The highest BCUT2D eigenvalue weighted by molar-refractivity contribution is 6.34. The Kier molecular flexibility index (Phi) is 5.15. The quantitative estimate of drug-likeness (QED) is 0.867. The summed E-state index contributed by atoms with van der Waals surface area (Å²) in [7, 11) is 3.32. The van der Waals surface area contributed by atoms with Gasteiger partial charge in [0.25, 0.3) is 0 Å². The predicted octanol–water partition coefficient (Wildman–Crippen LogP) is 3.72. The van der Waals surface area contributed by atoms with Crippen LogP contribution in [0.1, 0.15) is 18.9 Å². The molecule has 1 amide bonds. The molecule has 6 nitrogen and oxygen atoms in total. The fourth-order valence-corrected chi connectivity index (χ4v) is 3.02. The lowest BCUT2D eigenvalue weighted by Crippen LogP contribution is -2.32. The maximum atomic E-state index is 12.4. The Labute approximate surface area is 157 Å². The molecule has 2 aromatic carbocycles. The zero-order valence-electron chi connectivity index (χ0n) is 14.8. The molecule has 0 radical (unpaired) electrons. The molecule has 0 saturated carbocycles. The lowest BCUT2D eigenvalue weighted by atomic mass is 10.1. The average Bonchev–Trinajstić information content (AvgIpc) is 2.89. The second-order valence-electron chi connectivity index (χ2n) is 6.14. The largest absolute Gasteiger partial charge is 0.497 e. The molecule has 1 atom stereocenters. The Hall–Kier alpha value is -2.57. The number of nitrogens with zero attached hydrogens (tertiary/aromatic N) is 2. The molecule has 0 fully saturated rings. The van der Waals surface area contributed by atoms with Crippen LogP contribution in [0.2, 0.25) is 5.02 Å². The van der Waals surface area contributed by atoms with Gasteiger partial charge in [-0.1, -0.05) is 29.8 Å². The minimum Gasteiger partial charge on any atom is -0.497 e. The van der Waals surface area contributed by atoms with Gasteiger partial charge in [-0.3, -0.25) is 4.79 Å². The molecule has 0 aromatic heterocycles. The number of carbonyl (C=O) groups excluding carboxylic acids is 1. The van der Waals surface area contributed by atoms with Gasteiger partial charge in [-0.05, 0) is 31.2 Å². The third-order valence-electron chi connectivity index (χ3n) is 3.93. The molecular weight excluding hydrogens is 354 g/mol. The van der Waals surface area contributed by atoms with E-state index in [4.69, 9.17) is 21.2 Å². The third-order valence-corrected chi connectivity index (χ3v) is 4.26. The van der Waals surface area contributed by atoms with Crippen molar-refractivity contribution >= 4 is 29.0 Å². The molecule has 1 aliphatic heterocycles. The maximum absolute atomic E-state index is 12.4. The molecule has 2 aromatic rings. The number of hydrogen-bond acceptors (Lipinski definition) is 5. The fourth-order valence-electron chi connectivity index (χ4n) is 2.80. The van der Waals surface area contributed by atoms with Crippen LogP contribution in [0.4, 0.5) is 5.69 Å². The number of benzene rings is 2. The molecule has 1 unspecified atom stereocenters. The summed E-state index contributed by atoms with van der Waals surface area (Å²) >= 11 is 6.25. The highest BCUT2D eigenvalue weighted by Gasteiger charge is 2.38. The SMILES string of the molecule is COc1cccc(NC(=O)CC2(C)N=C(c3ccccc3Cl)N(C)O2)c1. The number of hydroxylamine groups is 2. The smallest absolute Gasteiger partial charge is 0.229 e. The van der Waals surface area contributed by atoms with E-state index in [0.717, 1.165) is 5.56 Å². The zero-order valence-corrected chi connectivity index (χ0v) is 15.6. The van der Waals surface area contributed by atoms with E-state index < -0.39 is 5.72 Å². The van der Waals surface area contributed by atoms with Crippen LogP contribution in [0.15, 0.2) is 53.5 Å².